The summed E-state index contributed by atoms with van der Waals surface area (Å²) in [6.45, 7) is 2.87. The summed E-state index contributed by atoms with van der Waals surface area (Å²) in [5.74, 6) is -0.124. The van der Waals surface area contributed by atoms with Crippen molar-refractivity contribution in [3.05, 3.63) is 12.4 Å². The first kappa shape index (κ1) is 40.1. The van der Waals surface area contributed by atoms with E-state index in [1.54, 1.807) is 0 Å². The van der Waals surface area contributed by atoms with Gasteiger partial charge in [0.2, 0.25) is 0 Å². The number of aliphatic hydroxyl groups excluding tert-OH is 1. The van der Waals surface area contributed by atoms with Crippen molar-refractivity contribution in [1.29, 1.82) is 0 Å². The molecular formula is C34H48FN5O10. The maximum absolute atomic E-state index is 13.9. The molecule has 2 aromatic rings. The lowest BCUT2D eigenvalue weighted by molar-refractivity contribution is -0.167. The lowest BCUT2D eigenvalue weighted by Crippen LogP contribution is -2.44. The molecule has 50 heavy (non-hydrogen) atoms. The number of anilines is 1. The van der Waals surface area contributed by atoms with Crippen LogP contribution >= 0.6 is 0 Å². The smallest absolute Gasteiger partial charge is 0.312 e. The van der Waals surface area contributed by atoms with E-state index in [0.717, 1.165) is 38.5 Å². The minimum atomic E-state index is -1.72. The third kappa shape index (κ3) is 11.9. The molecule has 1 saturated heterocycles. The summed E-state index contributed by atoms with van der Waals surface area (Å²) < 4.78 is 42.8. The maximum atomic E-state index is 13.9. The Morgan fingerprint density at radius 2 is 1.58 bits per heavy atom. The quantitative estimate of drug-likeness (QED) is 0.0587. The number of carbonyl (C=O) groups excluding carboxylic acids is 4. The van der Waals surface area contributed by atoms with Gasteiger partial charge in [-0.2, -0.15) is 14.4 Å². The molecule has 15 nitrogen and oxygen atoms in total. The summed E-state index contributed by atoms with van der Waals surface area (Å²) in [5, 5.41) is 10.1. The number of halogens is 1. The summed E-state index contributed by atoms with van der Waals surface area (Å²) in [4.78, 5) is 61.2. The largest absolute Gasteiger partial charge is 0.462 e. The number of aromatic nitrogens is 4. The third-order valence-electron chi connectivity index (χ3n) is 8.16. The van der Waals surface area contributed by atoms with Crippen LogP contribution in [-0.4, -0.2) is 86.1 Å². The molecule has 2 aromatic heterocycles. The van der Waals surface area contributed by atoms with Crippen molar-refractivity contribution in [2.75, 3.05) is 25.6 Å². The third-order valence-corrected chi connectivity index (χ3v) is 8.16. The summed E-state index contributed by atoms with van der Waals surface area (Å²) >= 11 is 0. The Hall–Kier alpha value is -4.36. The first-order chi connectivity index (χ1) is 24.0. The molecule has 1 aliphatic heterocycles. The van der Waals surface area contributed by atoms with E-state index in [2.05, 4.69) is 34.7 Å². The fourth-order valence-electron chi connectivity index (χ4n) is 5.35. The van der Waals surface area contributed by atoms with Gasteiger partial charge in [0.25, 0.3) is 0 Å². The molecule has 276 valence electrons. The molecule has 1 fully saturated rings. The number of esters is 4. The van der Waals surface area contributed by atoms with E-state index in [1.807, 2.05) is 0 Å². The van der Waals surface area contributed by atoms with Crippen LogP contribution in [0.4, 0.5) is 10.2 Å². The van der Waals surface area contributed by atoms with Crippen LogP contribution in [0.1, 0.15) is 110 Å². The van der Waals surface area contributed by atoms with Crippen LogP contribution in [0.3, 0.4) is 0 Å². The van der Waals surface area contributed by atoms with Gasteiger partial charge in [0, 0.05) is 32.1 Å². The molecule has 0 unspecified atom stereocenters. The second-order valence-electron chi connectivity index (χ2n) is 12.1. The molecule has 0 radical (unpaired) electrons. The van der Waals surface area contributed by atoms with E-state index in [9.17, 15) is 28.7 Å². The molecule has 0 spiro atoms. The van der Waals surface area contributed by atoms with Gasteiger partial charge in [-0.3, -0.25) is 23.7 Å². The van der Waals surface area contributed by atoms with Gasteiger partial charge in [-0.05, 0) is 19.3 Å². The second-order valence-corrected chi connectivity index (χ2v) is 12.1. The van der Waals surface area contributed by atoms with Gasteiger partial charge >= 0.3 is 30.0 Å². The summed E-state index contributed by atoms with van der Waals surface area (Å²) in [5.41, 5.74) is 4.17. The average Bonchev–Trinajstić information content (AvgIpc) is 3.68. The number of unbranched alkanes of at least 4 members (excludes halogenated alkanes) is 6. The number of nitrogen functional groups attached to an aromatic ring is 1. The van der Waals surface area contributed by atoms with Crippen LogP contribution in [0.5, 0.6) is 0 Å². The Bertz CT molecular complexity index is 1450. The zero-order valence-electron chi connectivity index (χ0n) is 28.8. The highest BCUT2D eigenvalue weighted by Crippen LogP contribution is 2.39. The Morgan fingerprint density at radius 3 is 2.16 bits per heavy atom. The van der Waals surface area contributed by atoms with Gasteiger partial charge in [0.1, 0.15) is 25.5 Å². The van der Waals surface area contributed by atoms with Crippen molar-refractivity contribution >= 4 is 40.9 Å². The molecule has 0 aliphatic carbocycles. The summed E-state index contributed by atoms with van der Waals surface area (Å²) in [7, 11) is 0. The number of nitrogens with two attached hydrogens (primary N) is 1. The highest BCUT2D eigenvalue weighted by atomic mass is 19.1. The second kappa shape index (κ2) is 20.3. The highest BCUT2D eigenvalue weighted by Gasteiger charge is 2.51. The first-order valence-electron chi connectivity index (χ1n) is 17.2. The Labute approximate surface area is 290 Å². The number of hydrogen-bond acceptors (Lipinski definition) is 14. The van der Waals surface area contributed by atoms with Crippen molar-refractivity contribution < 1.29 is 52.4 Å². The number of hydrogen-bond donors (Lipinski definition) is 2. The predicted octanol–water partition coefficient (Wildman–Crippen LogP) is 3.85. The Balaban J connectivity index is 1.52. The van der Waals surface area contributed by atoms with Crippen LogP contribution in [0, 0.1) is 18.4 Å². The van der Waals surface area contributed by atoms with Crippen LogP contribution in [0.2, 0.25) is 0 Å². The number of imidazole rings is 1. The SMILES string of the molecule is C#C[C@]1(CO)O[C@@H](n2cnc3c(N)nc(F)nc32)C[C@@H]1OC(=O)CCCC(=O)OC(COC(=O)CCCCCC)COC(=O)CCCCCC. The topological polar surface area (TPSA) is 204 Å². The van der Waals surface area contributed by atoms with Gasteiger partial charge < -0.3 is 34.5 Å². The van der Waals surface area contributed by atoms with E-state index in [1.165, 1.54) is 10.9 Å². The first-order valence-corrected chi connectivity index (χ1v) is 17.2. The number of ether oxygens (including phenoxy) is 5. The molecule has 3 rings (SSSR count). The van der Waals surface area contributed by atoms with Crippen LogP contribution in [0.15, 0.2) is 6.33 Å². The van der Waals surface area contributed by atoms with Crippen molar-refractivity contribution in [2.24, 2.45) is 0 Å². The standard InChI is InChI=1S/C34H48FN5O10/c1-4-7-9-11-14-26(42)46-19-23(20-47-27(43)15-12-10-8-5-2)48-28(44)16-13-17-29(45)49-24-18-25(50-34(24,6-3)21-41)40-22-37-30-31(36)38-33(35)39-32(30)40/h3,22-25,41H,4-5,7-21H2,1-2H3,(H2,36,38,39)/t24-,25+,34+/m0/s1. The van der Waals surface area contributed by atoms with Gasteiger partial charge in [-0.15, -0.1) is 6.42 Å². The number of rotatable bonds is 22. The minimum absolute atomic E-state index is 0.0242. The molecule has 0 amide bonds. The van der Waals surface area contributed by atoms with Gasteiger partial charge in [0.05, 0.1) is 12.9 Å². The maximum Gasteiger partial charge on any atom is 0.312 e. The molecule has 16 heteroatoms. The van der Waals surface area contributed by atoms with E-state index in [4.69, 9.17) is 35.8 Å². The lowest BCUT2D eigenvalue weighted by atomic mass is 9.98. The molecule has 3 N–H and O–H groups in total. The zero-order chi connectivity index (χ0) is 36.5. The van der Waals surface area contributed by atoms with Crippen LogP contribution in [-0.2, 0) is 42.9 Å². The normalized spacial score (nSPS) is 18.6. The zero-order valence-corrected chi connectivity index (χ0v) is 28.8. The highest BCUT2D eigenvalue weighted by molar-refractivity contribution is 5.81. The Kier molecular flexibility index (Phi) is 16.3. The monoisotopic (exact) mass is 705 g/mol. The number of nitrogens with zero attached hydrogens (tertiary/aromatic N) is 4. The van der Waals surface area contributed by atoms with Crippen LogP contribution in [0.25, 0.3) is 11.2 Å². The van der Waals surface area contributed by atoms with Crippen molar-refractivity contribution in [3.63, 3.8) is 0 Å². The van der Waals surface area contributed by atoms with Crippen molar-refractivity contribution in [2.45, 2.75) is 128 Å². The molecule has 1 aliphatic rings. The molecule has 0 aromatic carbocycles. The fraction of sp³-hybridized carbons (Fsp3) is 0.676. The van der Waals surface area contributed by atoms with Gasteiger partial charge in [-0.1, -0.05) is 58.3 Å². The molecule has 0 saturated carbocycles. The Morgan fingerprint density at radius 1 is 0.980 bits per heavy atom. The predicted molar refractivity (Wildman–Crippen MR) is 176 cm³/mol. The number of fused-ring (bicyclic) bond motifs is 1. The minimum Gasteiger partial charge on any atom is -0.462 e. The van der Waals surface area contributed by atoms with E-state index < -0.39 is 60.6 Å². The average molecular weight is 706 g/mol. The number of carbonyl (C=O) groups is 4. The molecule has 3 heterocycles. The lowest BCUT2D eigenvalue weighted by Gasteiger charge is -2.26. The van der Waals surface area contributed by atoms with Gasteiger partial charge in [0.15, 0.2) is 28.7 Å². The van der Waals surface area contributed by atoms with E-state index in [0.29, 0.717) is 12.8 Å². The van der Waals surface area contributed by atoms with Crippen molar-refractivity contribution in [1.82, 2.24) is 19.5 Å². The van der Waals surface area contributed by atoms with Crippen LogP contribution < -0.4 is 5.73 Å². The number of aliphatic hydroxyl groups is 1. The molecular weight excluding hydrogens is 657 g/mol. The summed E-state index contributed by atoms with van der Waals surface area (Å²) in [6, 6.07) is 0. The molecule has 0 bridgehead atoms. The van der Waals surface area contributed by atoms with Crippen molar-refractivity contribution in [3.8, 4) is 12.3 Å². The van der Waals surface area contributed by atoms with E-state index >= 15 is 0 Å². The van der Waals surface area contributed by atoms with E-state index in [-0.39, 0.29) is 68.7 Å². The molecule has 3 atom stereocenters. The summed E-state index contributed by atoms with van der Waals surface area (Å²) in [6.07, 6.45) is 10.1. The fourth-order valence-corrected chi connectivity index (χ4v) is 5.35. The van der Waals surface area contributed by atoms with Gasteiger partial charge in [-0.25, -0.2) is 4.98 Å². The number of terminal acetylenes is 1.